The summed E-state index contributed by atoms with van der Waals surface area (Å²) in [5, 5.41) is 0.153. The first-order valence-electron chi connectivity index (χ1n) is 3.79. The number of esters is 1. The molecule has 0 aliphatic rings. The third-order valence-corrected chi connectivity index (χ3v) is 2.03. The second-order valence-electron chi connectivity index (χ2n) is 2.43. The monoisotopic (exact) mass is 247 g/mol. The van der Waals surface area contributed by atoms with E-state index in [1.807, 2.05) is 0 Å². The van der Waals surface area contributed by atoms with Gasteiger partial charge in [-0.1, -0.05) is 23.2 Å². The van der Waals surface area contributed by atoms with E-state index in [2.05, 4.69) is 14.7 Å². The maximum atomic E-state index is 10.8. The number of halogens is 2. The van der Waals surface area contributed by atoms with Gasteiger partial charge in [-0.3, -0.25) is 0 Å². The highest BCUT2D eigenvalue weighted by Crippen LogP contribution is 2.23. The smallest absolute Gasteiger partial charge is 0.330 e. The van der Waals surface area contributed by atoms with Crippen LogP contribution in [-0.4, -0.2) is 23.0 Å². The third kappa shape index (κ3) is 3.07. The van der Waals surface area contributed by atoms with Crippen molar-refractivity contribution in [1.29, 1.82) is 0 Å². The lowest BCUT2D eigenvalue weighted by atomic mass is 10.3. The maximum Gasteiger partial charge on any atom is 0.330 e. The first-order chi connectivity index (χ1) is 7.04. The molecule has 0 bridgehead atoms. The minimum absolute atomic E-state index is 0.0276. The van der Waals surface area contributed by atoms with Crippen molar-refractivity contribution in [1.82, 2.24) is 9.97 Å². The van der Waals surface area contributed by atoms with Gasteiger partial charge in [0.05, 0.1) is 7.11 Å². The minimum Gasteiger partial charge on any atom is -0.466 e. The molecule has 0 aromatic carbocycles. The molecule has 1 aromatic rings. The van der Waals surface area contributed by atoms with Gasteiger partial charge in [0.15, 0.2) is 0 Å². The van der Waals surface area contributed by atoms with Crippen LogP contribution in [0.25, 0.3) is 6.08 Å². The van der Waals surface area contributed by atoms with Gasteiger partial charge in [-0.25, -0.2) is 14.8 Å². The predicted octanol–water partition coefficient (Wildman–Crippen LogP) is 1.55. The number of carbonyl (C=O) groups is 1. The molecule has 0 fully saturated rings. The highest BCUT2D eigenvalue weighted by Gasteiger charge is 2.07. The number of nitrogens with zero attached hydrogens (tertiary/aromatic N) is 2. The molecule has 0 unspecified atom stereocenters. The molecule has 0 amide bonds. The highest BCUT2D eigenvalue weighted by atomic mass is 35.5. The van der Waals surface area contributed by atoms with Gasteiger partial charge in [-0.2, -0.15) is 0 Å². The van der Waals surface area contributed by atoms with E-state index in [0.717, 1.165) is 6.08 Å². The molecule has 0 saturated heterocycles. The normalized spacial score (nSPS) is 10.6. The van der Waals surface area contributed by atoms with Crippen LogP contribution in [0.3, 0.4) is 0 Å². The molecule has 1 rings (SSSR count). The maximum absolute atomic E-state index is 10.8. The summed E-state index contributed by atoms with van der Waals surface area (Å²) in [6.07, 6.45) is 2.52. The summed E-state index contributed by atoms with van der Waals surface area (Å²) in [6.45, 7) is 0. The van der Waals surface area contributed by atoms with Gasteiger partial charge in [0.25, 0.3) is 0 Å². The number of methoxy groups -OCH3 is 1. The van der Waals surface area contributed by atoms with Crippen molar-refractivity contribution >= 4 is 41.2 Å². The van der Waals surface area contributed by atoms with Gasteiger partial charge in [-0.15, -0.1) is 0 Å². The Morgan fingerprint density at radius 1 is 1.40 bits per heavy atom. The van der Waals surface area contributed by atoms with E-state index >= 15 is 0 Å². The van der Waals surface area contributed by atoms with E-state index in [9.17, 15) is 4.79 Å². The quantitative estimate of drug-likeness (QED) is 0.488. The summed E-state index contributed by atoms with van der Waals surface area (Å²) < 4.78 is 4.40. The summed E-state index contributed by atoms with van der Waals surface area (Å²) in [5.41, 5.74) is 5.62. The zero-order valence-electron chi connectivity index (χ0n) is 7.70. The van der Waals surface area contributed by atoms with Crippen molar-refractivity contribution in [2.24, 2.45) is 0 Å². The van der Waals surface area contributed by atoms with Crippen molar-refractivity contribution in [2.75, 3.05) is 12.8 Å². The summed E-state index contributed by atoms with van der Waals surface area (Å²) >= 11 is 11.5. The molecular formula is C8H7Cl2N3O2. The molecule has 0 spiro atoms. The molecule has 80 valence electrons. The molecule has 0 saturated carbocycles. The number of nitrogen functional groups attached to an aromatic ring is 1. The van der Waals surface area contributed by atoms with Crippen LogP contribution < -0.4 is 5.73 Å². The highest BCUT2D eigenvalue weighted by molar-refractivity contribution is 6.35. The molecular weight excluding hydrogens is 241 g/mol. The number of rotatable bonds is 2. The topological polar surface area (TPSA) is 78.1 Å². The number of aromatic nitrogens is 2. The van der Waals surface area contributed by atoms with E-state index in [4.69, 9.17) is 28.9 Å². The largest absolute Gasteiger partial charge is 0.466 e. The Morgan fingerprint density at radius 2 is 1.93 bits per heavy atom. The molecule has 0 aliphatic carbocycles. The Balaban J connectivity index is 3.05. The molecule has 2 N–H and O–H groups in total. The molecule has 0 radical (unpaired) electrons. The van der Waals surface area contributed by atoms with E-state index in [0.29, 0.717) is 5.56 Å². The van der Waals surface area contributed by atoms with Gasteiger partial charge in [0.1, 0.15) is 10.3 Å². The van der Waals surface area contributed by atoms with Gasteiger partial charge in [0, 0.05) is 11.6 Å². The lowest BCUT2D eigenvalue weighted by molar-refractivity contribution is -0.134. The average molecular weight is 248 g/mol. The predicted molar refractivity (Wildman–Crippen MR) is 57.5 cm³/mol. The zero-order chi connectivity index (χ0) is 11.4. The fourth-order valence-electron chi connectivity index (χ4n) is 0.789. The summed E-state index contributed by atoms with van der Waals surface area (Å²) in [4.78, 5) is 18.2. The van der Waals surface area contributed by atoms with Crippen LogP contribution in [0.5, 0.6) is 0 Å². The SMILES string of the molecule is COC(=O)C=Cc1c(Cl)nc(N)nc1Cl. The third-order valence-electron chi connectivity index (χ3n) is 1.46. The second kappa shape index (κ2) is 4.95. The van der Waals surface area contributed by atoms with Crippen LogP contribution in [-0.2, 0) is 9.53 Å². The zero-order valence-corrected chi connectivity index (χ0v) is 9.21. The van der Waals surface area contributed by atoms with Crippen molar-refractivity contribution in [3.05, 3.63) is 21.9 Å². The minimum atomic E-state index is -0.529. The number of ether oxygens (including phenoxy) is 1. The van der Waals surface area contributed by atoms with Crippen molar-refractivity contribution in [3.63, 3.8) is 0 Å². The van der Waals surface area contributed by atoms with Crippen LogP contribution in [0.4, 0.5) is 5.95 Å². The molecule has 0 atom stereocenters. The fraction of sp³-hybridized carbons (Fsp3) is 0.125. The van der Waals surface area contributed by atoms with Crippen LogP contribution in [0.15, 0.2) is 6.08 Å². The van der Waals surface area contributed by atoms with Crippen LogP contribution in [0, 0.1) is 0 Å². The summed E-state index contributed by atoms with van der Waals surface area (Å²) in [6, 6.07) is 0. The van der Waals surface area contributed by atoms with Gasteiger partial charge in [0.2, 0.25) is 5.95 Å². The Morgan fingerprint density at radius 3 is 2.40 bits per heavy atom. The Labute approximate surface area is 95.9 Å². The number of carbonyl (C=O) groups excluding carboxylic acids is 1. The first-order valence-corrected chi connectivity index (χ1v) is 4.54. The van der Waals surface area contributed by atoms with Crippen molar-refractivity contribution in [2.45, 2.75) is 0 Å². The van der Waals surface area contributed by atoms with E-state index in [-0.39, 0.29) is 16.3 Å². The number of hydrogen-bond donors (Lipinski definition) is 1. The molecule has 0 aliphatic heterocycles. The van der Waals surface area contributed by atoms with Crippen LogP contribution in [0.2, 0.25) is 10.3 Å². The first kappa shape index (κ1) is 11.7. The van der Waals surface area contributed by atoms with E-state index in [1.165, 1.54) is 13.2 Å². The Hall–Kier alpha value is -1.33. The van der Waals surface area contributed by atoms with Crippen LogP contribution in [0.1, 0.15) is 5.56 Å². The Kier molecular flexibility index (Phi) is 3.88. The summed E-state index contributed by atoms with van der Waals surface area (Å²) in [7, 11) is 1.26. The van der Waals surface area contributed by atoms with Gasteiger partial charge in [-0.05, 0) is 6.08 Å². The van der Waals surface area contributed by atoms with E-state index < -0.39 is 5.97 Å². The number of hydrogen-bond acceptors (Lipinski definition) is 5. The molecule has 15 heavy (non-hydrogen) atoms. The van der Waals surface area contributed by atoms with E-state index in [1.54, 1.807) is 0 Å². The molecule has 1 heterocycles. The molecule has 1 aromatic heterocycles. The lowest BCUT2D eigenvalue weighted by Gasteiger charge is -2.00. The molecule has 7 heteroatoms. The second-order valence-corrected chi connectivity index (χ2v) is 3.15. The standard InChI is InChI=1S/C8H7Cl2N3O2/c1-15-5(14)3-2-4-6(9)12-8(11)13-7(4)10/h2-3H,1H3,(H2,11,12,13). The van der Waals surface area contributed by atoms with Crippen LogP contribution >= 0.6 is 23.2 Å². The summed E-state index contributed by atoms with van der Waals surface area (Å²) in [5.74, 6) is -0.556. The van der Waals surface area contributed by atoms with Gasteiger partial charge >= 0.3 is 5.97 Å². The average Bonchev–Trinajstić information content (AvgIpc) is 2.15. The molecule has 5 nitrogen and oxygen atoms in total. The van der Waals surface area contributed by atoms with Gasteiger partial charge < -0.3 is 10.5 Å². The van der Waals surface area contributed by atoms with Crippen molar-refractivity contribution in [3.8, 4) is 0 Å². The lowest BCUT2D eigenvalue weighted by Crippen LogP contribution is -1.98. The Bertz CT molecular complexity index is 397. The fourth-order valence-corrected chi connectivity index (χ4v) is 1.32. The number of nitrogens with two attached hydrogens (primary N) is 1. The van der Waals surface area contributed by atoms with Crippen molar-refractivity contribution < 1.29 is 9.53 Å². The number of anilines is 1.